The maximum atomic E-state index is 11.7. The van der Waals surface area contributed by atoms with Gasteiger partial charge < -0.3 is 10.1 Å². The summed E-state index contributed by atoms with van der Waals surface area (Å²) >= 11 is 9.16. The van der Waals surface area contributed by atoms with Crippen LogP contribution in [0.2, 0.25) is 5.02 Å². The van der Waals surface area contributed by atoms with E-state index in [9.17, 15) is 9.59 Å². The molecule has 0 aliphatic carbocycles. The molecule has 0 radical (unpaired) electrons. The molecule has 0 aromatic heterocycles. The highest BCUT2D eigenvalue weighted by Crippen LogP contribution is 2.20. The number of hydrogen-bond donors (Lipinski definition) is 1. The Hall–Kier alpha value is -2.11. The molecule has 2 rings (SSSR count). The third kappa shape index (κ3) is 5.88. The van der Waals surface area contributed by atoms with Crippen molar-refractivity contribution in [2.24, 2.45) is 0 Å². The quantitative estimate of drug-likeness (QED) is 0.608. The van der Waals surface area contributed by atoms with Gasteiger partial charge in [-0.15, -0.1) is 0 Å². The van der Waals surface area contributed by atoms with Crippen LogP contribution in [0.3, 0.4) is 0 Å². The van der Waals surface area contributed by atoms with Crippen LogP contribution >= 0.6 is 27.5 Å². The van der Waals surface area contributed by atoms with E-state index in [-0.39, 0.29) is 6.61 Å². The topological polar surface area (TPSA) is 55.4 Å². The van der Waals surface area contributed by atoms with Crippen LogP contribution in [0.5, 0.6) is 0 Å². The van der Waals surface area contributed by atoms with Crippen molar-refractivity contribution in [3.05, 3.63) is 69.7 Å². The van der Waals surface area contributed by atoms with Gasteiger partial charge in [0, 0.05) is 15.6 Å². The van der Waals surface area contributed by atoms with Crippen molar-refractivity contribution < 1.29 is 14.3 Å². The molecule has 0 atom stereocenters. The summed E-state index contributed by atoms with van der Waals surface area (Å²) in [4.78, 5) is 23.3. The molecule has 0 unspecified atom stereocenters. The van der Waals surface area contributed by atoms with E-state index >= 15 is 0 Å². The number of benzene rings is 2. The number of ether oxygens (including phenoxy) is 1. The van der Waals surface area contributed by atoms with Gasteiger partial charge in [0.15, 0.2) is 6.61 Å². The molecule has 2 aromatic rings. The zero-order chi connectivity index (χ0) is 16.7. The van der Waals surface area contributed by atoms with Gasteiger partial charge in [-0.1, -0.05) is 35.9 Å². The molecule has 0 bridgehead atoms. The van der Waals surface area contributed by atoms with Crippen LogP contribution in [-0.2, 0) is 14.3 Å². The van der Waals surface area contributed by atoms with Crippen LogP contribution < -0.4 is 5.32 Å². The number of hydrogen-bond acceptors (Lipinski definition) is 3. The van der Waals surface area contributed by atoms with Crippen molar-refractivity contribution in [3.8, 4) is 0 Å². The molecule has 0 heterocycles. The second-order valence-corrected chi connectivity index (χ2v) is 5.81. The summed E-state index contributed by atoms with van der Waals surface area (Å²) in [6, 6.07) is 14.2. The number of anilines is 1. The summed E-state index contributed by atoms with van der Waals surface area (Å²) in [6.45, 7) is -0.361. The fourth-order valence-electron chi connectivity index (χ4n) is 1.71. The van der Waals surface area contributed by atoms with Gasteiger partial charge in [-0.3, -0.25) is 4.79 Å². The fourth-order valence-corrected chi connectivity index (χ4v) is 2.29. The van der Waals surface area contributed by atoms with Crippen molar-refractivity contribution in [1.29, 1.82) is 0 Å². The van der Waals surface area contributed by atoms with Crippen molar-refractivity contribution in [2.45, 2.75) is 0 Å². The molecule has 118 valence electrons. The molecule has 2 aromatic carbocycles. The smallest absolute Gasteiger partial charge is 0.331 e. The molecule has 0 saturated carbocycles. The summed E-state index contributed by atoms with van der Waals surface area (Å²) in [7, 11) is 0. The minimum atomic E-state index is -0.604. The Morgan fingerprint density at radius 2 is 1.96 bits per heavy atom. The molecule has 23 heavy (non-hydrogen) atoms. The standard InChI is InChI=1S/C17H13BrClNO3/c18-14-6-1-2-7-15(14)20-16(21)11-23-17(22)9-8-12-4-3-5-13(19)10-12/h1-10H,11H2,(H,20,21)/b9-8+. The van der Waals surface area contributed by atoms with Crippen LogP contribution in [-0.4, -0.2) is 18.5 Å². The number of carbonyl (C=O) groups excluding carboxylic acids is 2. The lowest BCUT2D eigenvalue weighted by Gasteiger charge is -2.06. The lowest BCUT2D eigenvalue weighted by Crippen LogP contribution is -2.20. The number of nitrogens with one attached hydrogen (secondary N) is 1. The summed E-state index contributed by atoms with van der Waals surface area (Å²) in [5.41, 5.74) is 1.38. The molecule has 0 spiro atoms. The first-order valence-corrected chi connectivity index (χ1v) is 7.86. The molecule has 1 amide bonds. The van der Waals surface area contributed by atoms with Crippen molar-refractivity contribution >= 4 is 51.2 Å². The maximum absolute atomic E-state index is 11.7. The number of amides is 1. The van der Waals surface area contributed by atoms with E-state index in [1.54, 1.807) is 48.5 Å². The Balaban J connectivity index is 1.82. The third-order valence-electron chi connectivity index (χ3n) is 2.75. The average Bonchev–Trinajstić information content (AvgIpc) is 2.53. The normalized spacial score (nSPS) is 10.5. The molecule has 0 aliphatic rings. The predicted molar refractivity (Wildman–Crippen MR) is 94.2 cm³/mol. The SMILES string of the molecule is O=C(COC(=O)/C=C/c1cccc(Cl)c1)Nc1ccccc1Br. The summed E-state index contributed by atoms with van der Waals surface area (Å²) < 4.78 is 5.63. The molecular weight excluding hydrogens is 382 g/mol. The Bertz CT molecular complexity index is 746. The second-order valence-electron chi connectivity index (χ2n) is 4.52. The van der Waals surface area contributed by atoms with E-state index in [0.29, 0.717) is 10.7 Å². The van der Waals surface area contributed by atoms with E-state index in [0.717, 1.165) is 10.0 Å². The van der Waals surface area contributed by atoms with Gasteiger partial charge in [0.2, 0.25) is 0 Å². The minimum absolute atomic E-state index is 0.361. The van der Waals surface area contributed by atoms with Gasteiger partial charge in [0.05, 0.1) is 5.69 Å². The van der Waals surface area contributed by atoms with Crippen LogP contribution in [0.15, 0.2) is 59.1 Å². The van der Waals surface area contributed by atoms with Crippen LogP contribution in [0.1, 0.15) is 5.56 Å². The monoisotopic (exact) mass is 393 g/mol. The average molecular weight is 395 g/mol. The molecular formula is C17H13BrClNO3. The van der Waals surface area contributed by atoms with Gasteiger partial charge >= 0.3 is 5.97 Å². The Kier molecular flexibility index (Phi) is 6.38. The summed E-state index contributed by atoms with van der Waals surface area (Å²) in [5.74, 6) is -1.02. The van der Waals surface area contributed by atoms with Gasteiger partial charge in [0.1, 0.15) is 0 Å². The maximum Gasteiger partial charge on any atom is 0.331 e. The molecule has 0 saturated heterocycles. The number of rotatable bonds is 5. The Morgan fingerprint density at radius 3 is 2.70 bits per heavy atom. The van der Waals surface area contributed by atoms with Gasteiger partial charge in [-0.05, 0) is 51.8 Å². The molecule has 4 nitrogen and oxygen atoms in total. The van der Waals surface area contributed by atoms with E-state index in [2.05, 4.69) is 21.2 Å². The van der Waals surface area contributed by atoms with Gasteiger partial charge in [0.25, 0.3) is 5.91 Å². The second kappa shape index (κ2) is 8.50. The van der Waals surface area contributed by atoms with E-state index in [1.807, 2.05) is 6.07 Å². The zero-order valence-corrected chi connectivity index (χ0v) is 14.3. The van der Waals surface area contributed by atoms with Crippen LogP contribution in [0.4, 0.5) is 5.69 Å². The number of halogens is 2. The summed E-state index contributed by atoms with van der Waals surface area (Å²) in [6.07, 6.45) is 2.82. The first kappa shape index (κ1) is 17.2. The molecule has 0 aliphatic heterocycles. The highest BCUT2D eigenvalue weighted by Gasteiger charge is 2.07. The molecule has 6 heteroatoms. The van der Waals surface area contributed by atoms with Gasteiger partial charge in [-0.2, -0.15) is 0 Å². The number of carbonyl (C=O) groups is 2. The van der Waals surface area contributed by atoms with Crippen molar-refractivity contribution in [1.82, 2.24) is 0 Å². The van der Waals surface area contributed by atoms with E-state index in [4.69, 9.17) is 16.3 Å². The molecule has 0 fully saturated rings. The fraction of sp³-hybridized carbons (Fsp3) is 0.0588. The van der Waals surface area contributed by atoms with Crippen molar-refractivity contribution in [2.75, 3.05) is 11.9 Å². The van der Waals surface area contributed by atoms with Crippen LogP contribution in [0.25, 0.3) is 6.08 Å². The van der Waals surface area contributed by atoms with Gasteiger partial charge in [-0.25, -0.2) is 4.79 Å². The Morgan fingerprint density at radius 1 is 1.17 bits per heavy atom. The largest absolute Gasteiger partial charge is 0.452 e. The van der Waals surface area contributed by atoms with E-state index < -0.39 is 11.9 Å². The Labute approximate surface area is 147 Å². The first-order valence-electron chi connectivity index (χ1n) is 6.69. The van der Waals surface area contributed by atoms with Crippen LogP contribution in [0, 0.1) is 0 Å². The first-order chi connectivity index (χ1) is 11.0. The molecule has 1 N–H and O–H groups in total. The third-order valence-corrected chi connectivity index (χ3v) is 3.68. The predicted octanol–water partition coefficient (Wildman–Crippen LogP) is 4.30. The summed E-state index contributed by atoms with van der Waals surface area (Å²) in [5, 5.41) is 3.22. The highest BCUT2D eigenvalue weighted by atomic mass is 79.9. The zero-order valence-electron chi connectivity index (χ0n) is 12.0. The van der Waals surface area contributed by atoms with Crippen molar-refractivity contribution in [3.63, 3.8) is 0 Å². The highest BCUT2D eigenvalue weighted by molar-refractivity contribution is 9.10. The van der Waals surface area contributed by atoms with E-state index in [1.165, 1.54) is 6.08 Å². The number of para-hydroxylation sites is 1. The lowest BCUT2D eigenvalue weighted by molar-refractivity contribution is -0.142. The number of esters is 1. The lowest BCUT2D eigenvalue weighted by atomic mass is 10.2. The minimum Gasteiger partial charge on any atom is -0.452 e.